The molecule has 0 saturated carbocycles. The van der Waals surface area contributed by atoms with Gasteiger partial charge in [-0.3, -0.25) is 9.59 Å². The average Bonchev–Trinajstić information content (AvgIpc) is 3.59. The van der Waals surface area contributed by atoms with Crippen LogP contribution >= 0.6 is 11.6 Å². The molecule has 4 aromatic rings. The number of halogens is 1. The van der Waals surface area contributed by atoms with E-state index in [9.17, 15) is 19.5 Å². The van der Waals surface area contributed by atoms with Gasteiger partial charge in [0.25, 0.3) is 0 Å². The van der Waals surface area contributed by atoms with Crippen LogP contribution in [0.4, 0.5) is 5.69 Å². The largest absolute Gasteiger partial charge is 0.478 e. The van der Waals surface area contributed by atoms with Crippen LogP contribution in [0.15, 0.2) is 73.1 Å². The summed E-state index contributed by atoms with van der Waals surface area (Å²) in [6.45, 7) is 3.28. The van der Waals surface area contributed by atoms with E-state index >= 15 is 0 Å². The van der Waals surface area contributed by atoms with E-state index in [1.54, 1.807) is 53.4 Å². The summed E-state index contributed by atoms with van der Waals surface area (Å²) >= 11 is 6.27. The quantitative estimate of drug-likeness (QED) is 0.202. The van der Waals surface area contributed by atoms with Crippen molar-refractivity contribution in [1.82, 2.24) is 35.7 Å². The number of amides is 2. The second kappa shape index (κ2) is 12.7. The van der Waals surface area contributed by atoms with Gasteiger partial charge in [-0.2, -0.15) is 4.68 Å². The number of nitrogens with zero attached hydrogens (tertiary/aromatic N) is 6. The van der Waals surface area contributed by atoms with Crippen molar-refractivity contribution in [3.63, 3.8) is 0 Å². The van der Waals surface area contributed by atoms with Gasteiger partial charge in [-0.15, -0.1) is 5.10 Å². The molecule has 1 aromatic heterocycles. The van der Waals surface area contributed by atoms with E-state index in [0.717, 1.165) is 43.0 Å². The zero-order valence-electron chi connectivity index (χ0n) is 23.5. The van der Waals surface area contributed by atoms with Gasteiger partial charge in [0.15, 0.2) is 0 Å². The summed E-state index contributed by atoms with van der Waals surface area (Å²) in [5.74, 6) is -1.92. The Labute approximate surface area is 257 Å². The number of carbonyl (C=O) groups is 3. The molecule has 0 aliphatic carbocycles. The molecule has 12 nitrogen and oxygen atoms in total. The highest BCUT2D eigenvalue weighted by Crippen LogP contribution is 2.44. The number of anilines is 1. The number of hydrogen-bond acceptors (Lipinski definition) is 8. The Morgan fingerprint density at radius 1 is 1.02 bits per heavy atom. The minimum atomic E-state index is -1.05. The normalized spacial score (nSPS) is 18.2. The first kappa shape index (κ1) is 29.0. The Balaban J connectivity index is 1.45. The molecule has 2 amide bonds. The summed E-state index contributed by atoms with van der Waals surface area (Å²) in [6, 6.07) is 17.8. The second-order valence-electron chi connectivity index (χ2n) is 10.4. The highest BCUT2D eigenvalue weighted by molar-refractivity contribution is 6.30. The third-order valence-electron chi connectivity index (χ3n) is 7.97. The standard InChI is InChI=1S/C31H29ClN8O4/c32-21-9-10-26(40-18-35-36-37-40)20(16-21)8-11-28(42)39-17-25(22-4-1-2-5-23(22)31(43)44)29-24(30(39)34-19-41)6-3-7-27(29)38-14-12-33-13-15-38/h1-11,16,18-19,25,30,33H,12-15,17H2,(H,34,41)(H,43,44)/b11-8+. The van der Waals surface area contributed by atoms with Gasteiger partial charge in [-0.05, 0) is 58.0 Å². The number of tetrazole rings is 1. The Morgan fingerprint density at radius 2 is 1.82 bits per heavy atom. The molecule has 224 valence electrons. The Morgan fingerprint density at radius 3 is 2.57 bits per heavy atom. The van der Waals surface area contributed by atoms with Crippen molar-refractivity contribution in [2.75, 3.05) is 37.6 Å². The topological polar surface area (TPSA) is 146 Å². The lowest BCUT2D eigenvalue weighted by Crippen LogP contribution is -2.49. The van der Waals surface area contributed by atoms with Gasteiger partial charge in [0, 0.05) is 66.6 Å². The maximum Gasteiger partial charge on any atom is 0.335 e. The SMILES string of the molecule is O=CNC1c2cccc(N3CCNCC3)c2C(c2ccccc2C(=O)O)CN1C(=O)/C=C/c1cc(Cl)ccc1-n1cnnn1. The summed E-state index contributed by atoms with van der Waals surface area (Å²) in [5, 5.41) is 28.1. The minimum Gasteiger partial charge on any atom is -0.478 e. The van der Waals surface area contributed by atoms with Gasteiger partial charge in [-0.25, -0.2) is 4.79 Å². The molecule has 1 saturated heterocycles. The fraction of sp³-hybridized carbons (Fsp3) is 0.226. The molecule has 3 aromatic carbocycles. The number of piperazine rings is 1. The number of carboxylic acid groups (broad SMARTS) is 1. The molecular weight excluding hydrogens is 584 g/mol. The molecule has 2 atom stereocenters. The fourth-order valence-electron chi connectivity index (χ4n) is 6.04. The first-order chi connectivity index (χ1) is 21.5. The average molecular weight is 613 g/mol. The predicted octanol–water partition coefficient (Wildman–Crippen LogP) is 2.86. The van der Waals surface area contributed by atoms with Crippen molar-refractivity contribution in [3.05, 3.63) is 106 Å². The molecular formula is C31H29ClN8O4. The zero-order valence-corrected chi connectivity index (χ0v) is 24.3. The maximum atomic E-state index is 14.0. The number of carboxylic acids is 1. The molecule has 6 rings (SSSR count). The molecule has 3 heterocycles. The molecule has 2 aliphatic rings. The van der Waals surface area contributed by atoms with E-state index in [4.69, 9.17) is 11.6 Å². The maximum absolute atomic E-state index is 14.0. The van der Waals surface area contributed by atoms with E-state index in [-0.39, 0.29) is 18.0 Å². The first-order valence-electron chi connectivity index (χ1n) is 14.1. The number of nitrogens with one attached hydrogen (secondary N) is 2. The van der Waals surface area contributed by atoms with Crippen molar-refractivity contribution >= 4 is 41.7 Å². The third-order valence-corrected chi connectivity index (χ3v) is 8.21. The number of benzene rings is 3. The van der Waals surface area contributed by atoms with Gasteiger partial charge in [-0.1, -0.05) is 41.9 Å². The zero-order chi connectivity index (χ0) is 30.6. The minimum absolute atomic E-state index is 0.129. The molecule has 0 bridgehead atoms. The van der Waals surface area contributed by atoms with Gasteiger partial charge < -0.3 is 25.5 Å². The van der Waals surface area contributed by atoms with Gasteiger partial charge in [0.1, 0.15) is 12.5 Å². The monoisotopic (exact) mass is 612 g/mol. The number of aromatic carboxylic acids is 1. The van der Waals surface area contributed by atoms with Gasteiger partial charge in [0.05, 0.1) is 11.3 Å². The molecule has 0 spiro atoms. The van der Waals surface area contributed by atoms with Crippen LogP contribution in [0.3, 0.4) is 0 Å². The number of rotatable bonds is 8. The van der Waals surface area contributed by atoms with E-state index < -0.39 is 18.1 Å². The molecule has 1 fully saturated rings. The van der Waals surface area contributed by atoms with E-state index in [1.807, 2.05) is 18.2 Å². The van der Waals surface area contributed by atoms with Crippen LogP contribution in [0, 0.1) is 0 Å². The molecule has 0 radical (unpaired) electrons. The fourth-order valence-corrected chi connectivity index (χ4v) is 6.22. The van der Waals surface area contributed by atoms with Crippen molar-refractivity contribution < 1.29 is 19.5 Å². The lowest BCUT2D eigenvalue weighted by Gasteiger charge is -2.43. The third kappa shape index (κ3) is 5.64. The van der Waals surface area contributed by atoms with Crippen molar-refractivity contribution in [2.24, 2.45) is 0 Å². The van der Waals surface area contributed by atoms with Crippen molar-refractivity contribution in [2.45, 2.75) is 12.1 Å². The van der Waals surface area contributed by atoms with Crippen LogP contribution in [-0.2, 0) is 9.59 Å². The molecule has 2 aliphatic heterocycles. The number of fused-ring (bicyclic) bond motifs is 1. The van der Waals surface area contributed by atoms with Crippen LogP contribution < -0.4 is 15.5 Å². The van der Waals surface area contributed by atoms with Crippen molar-refractivity contribution in [3.8, 4) is 5.69 Å². The Kier molecular flexibility index (Phi) is 8.35. The molecule has 3 N–H and O–H groups in total. The van der Waals surface area contributed by atoms with E-state index in [2.05, 4.69) is 31.1 Å². The Bertz CT molecular complexity index is 1720. The molecule has 44 heavy (non-hydrogen) atoms. The van der Waals surface area contributed by atoms with Crippen LogP contribution in [0.25, 0.3) is 11.8 Å². The van der Waals surface area contributed by atoms with Crippen LogP contribution in [0.2, 0.25) is 5.02 Å². The van der Waals surface area contributed by atoms with E-state index in [0.29, 0.717) is 28.2 Å². The second-order valence-corrected chi connectivity index (χ2v) is 10.9. The van der Waals surface area contributed by atoms with Gasteiger partial charge in [0.2, 0.25) is 12.3 Å². The van der Waals surface area contributed by atoms with E-state index in [1.165, 1.54) is 17.1 Å². The highest BCUT2D eigenvalue weighted by atomic mass is 35.5. The lowest BCUT2D eigenvalue weighted by atomic mass is 9.80. The van der Waals surface area contributed by atoms with Crippen molar-refractivity contribution in [1.29, 1.82) is 0 Å². The highest BCUT2D eigenvalue weighted by Gasteiger charge is 2.39. The number of aromatic nitrogens is 4. The smallest absolute Gasteiger partial charge is 0.335 e. The first-order valence-corrected chi connectivity index (χ1v) is 14.5. The molecule has 13 heteroatoms. The van der Waals surface area contributed by atoms with Gasteiger partial charge >= 0.3 is 5.97 Å². The predicted molar refractivity (Wildman–Crippen MR) is 164 cm³/mol. The summed E-state index contributed by atoms with van der Waals surface area (Å²) in [7, 11) is 0. The molecule has 2 unspecified atom stereocenters. The summed E-state index contributed by atoms with van der Waals surface area (Å²) in [4.78, 5) is 42.1. The number of carbonyl (C=O) groups excluding carboxylic acids is 2. The lowest BCUT2D eigenvalue weighted by molar-refractivity contribution is -0.130. The summed E-state index contributed by atoms with van der Waals surface area (Å²) in [6.07, 6.45) is 4.26. The number of hydrogen-bond donors (Lipinski definition) is 3. The summed E-state index contributed by atoms with van der Waals surface area (Å²) < 4.78 is 1.46. The van der Waals surface area contributed by atoms with Crippen LogP contribution in [0.5, 0.6) is 0 Å². The Hall–Kier alpha value is -5.07. The summed E-state index contributed by atoms with van der Waals surface area (Å²) in [5.41, 5.74) is 4.54. The van der Waals surface area contributed by atoms with Crippen LogP contribution in [-0.4, -0.2) is 81.2 Å². The van der Waals surface area contributed by atoms with Crippen LogP contribution in [0.1, 0.15) is 44.7 Å².